The summed E-state index contributed by atoms with van der Waals surface area (Å²) in [5, 5.41) is 22.3. The monoisotopic (exact) mass is 494 g/mol. The normalized spacial score (nSPS) is 15.5. The predicted molar refractivity (Wildman–Crippen MR) is 128 cm³/mol. The lowest BCUT2D eigenvalue weighted by atomic mass is 10.0. The summed E-state index contributed by atoms with van der Waals surface area (Å²) in [5.74, 6) is 0.485. The number of amides is 1. The summed E-state index contributed by atoms with van der Waals surface area (Å²) >= 11 is 1.63. The van der Waals surface area contributed by atoms with E-state index in [0.717, 1.165) is 28.5 Å². The minimum Gasteiger partial charge on any atom is -0.442 e. The summed E-state index contributed by atoms with van der Waals surface area (Å²) in [6.07, 6.45) is 4.08. The van der Waals surface area contributed by atoms with E-state index < -0.39 is 11.9 Å². The fourth-order valence-corrected chi connectivity index (χ4v) is 4.48. The molecule has 1 fully saturated rings. The van der Waals surface area contributed by atoms with Crippen molar-refractivity contribution >= 4 is 23.5 Å². The Hall–Kier alpha value is -3.77. The number of aromatic nitrogens is 6. The molecule has 180 valence electrons. The van der Waals surface area contributed by atoms with Crippen LogP contribution in [0.3, 0.4) is 0 Å². The number of halogens is 1. The highest BCUT2D eigenvalue weighted by atomic mass is 32.2. The number of benzene rings is 2. The van der Waals surface area contributed by atoms with E-state index in [2.05, 4.69) is 31.0 Å². The maximum atomic E-state index is 15.0. The van der Waals surface area contributed by atoms with Gasteiger partial charge in [-0.25, -0.2) is 13.9 Å². The molecule has 5 rings (SSSR count). The van der Waals surface area contributed by atoms with Gasteiger partial charge < -0.3 is 10.1 Å². The Morgan fingerprint density at radius 3 is 2.86 bits per heavy atom. The topological polar surface area (TPSA) is 114 Å². The molecule has 1 aliphatic heterocycles. The number of ether oxygens (including phenoxy) is 1. The van der Waals surface area contributed by atoms with E-state index in [1.807, 2.05) is 24.3 Å². The average molecular weight is 495 g/mol. The molecule has 0 saturated carbocycles. The smallest absolute Gasteiger partial charge is 0.414 e. The van der Waals surface area contributed by atoms with Crippen LogP contribution in [0.4, 0.5) is 14.9 Å². The minimum absolute atomic E-state index is 0.316. The van der Waals surface area contributed by atoms with Crippen molar-refractivity contribution < 1.29 is 13.9 Å². The molecule has 1 aliphatic rings. The molecule has 1 atom stereocenters. The number of nitrogens with zero attached hydrogens (tertiary/aromatic N) is 6. The summed E-state index contributed by atoms with van der Waals surface area (Å²) < 4.78 is 22.0. The van der Waals surface area contributed by atoms with E-state index in [-0.39, 0.29) is 6.10 Å². The standard InChI is InChI=1S/C23H23FN8O2S/c24-21-11-18(32-15-19(34-23(32)33)14-31-9-7-26-30-31)5-6-20(21)17-3-1-16(2-4-17)12-25-8-10-35-22-13-27-29-28-22/h1-7,9,11,13,19,25H,8,10,12,14-15H2,(H,27,28,29). The van der Waals surface area contributed by atoms with Crippen LogP contribution >= 0.6 is 11.8 Å². The van der Waals surface area contributed by atoms with Crippen LogP contribution in [0.15, 0.2) is 66.1 Å². The molecular weight excluding hydrogens is 471 g/mol. The van der Waals surface area contributed by atoms with E-state index in [4.69, 9.17) is 4.74 Å². The largest absolute Gasteiger partial charge is 0.442 e. The van der Waals surface area contributed by atoms with Crippen LogP contribution in [-0.2, 0) is 17.8 Å². The number of hydrogen-bond donors (Lipinski definition) is 2. The molecule has 12 heteroatoms. The zero-order valence-corrected chi connectivity index (χ0v) is 19.5. The van der Waals surface area contributed by atoms with Gasteiger partial charge in [0.1, 0.15) is 16.9 Å². The van der Waals surface area contributed by atoms with Gasteiger partial charge in [0.15, 0.2) is 0 Å². The minimum atomic E-state index is -0.501. The predicted octanol–water partition coefficient (Wildman–Crippen LogP) is 3.11. The molecule has 4 aromatic rings. The van der Waals surface area contributed by atoms with Gasteiger partial charge in [-0.2, -0.15) is 10.3 Å². The summed E-state index contributed by atoms with van der Waals surface area (Å²) in [5.41, 5.74) is 2.81. The molecule has 1 unspecified atom stereocenters. The Labute approximate surface area is 204 Å². The molecule has 0 radical (unpaired) electrons. The van der Waals surface area contributed by atoms with Crippen molar-refractivity contribution in [3.63, 3.8) is 0 Å². The van der Waals surface area contributed by atoms with Gasteiger partial charge in [0.05, 0.1) is 31.2 Å². The molecule has 0 spiro atoms. The molecule has 35 heavy (non-hydrogen) atoms. The highest BCUT2D eigenvalue weighted by molar-refractivity contribution is 7.99. The number of nitrogens with one attached hydrogen (secondary N) is 2. The van der Waals surface area contributed by atoms with E-state index >= 15 is 0 Å². The number of hydrogen-bond acceptors (Lipinski definition) is 8. The van der Waals surface area contributed by atoms with Gasteiger partial charge in [-0.15, -0.1) is 22.0 Å². The first-order chi connectivity index (χ1) is 17.2. The maximum Gasteiger partial charge on any atom is 0.414 e. The van der Waals surface area contributed by atoms with E-state index in [9.17, 15) is 9.18 Å². The van der Waals surface area contributed by atoms with Crippen LogP contribution in [0, 0.1) is 5.82 Å². The third-order valence-electron chi connectivity index (χ3n) is 5.52. The summed E-state index contributed by atoms with van der Waals surface area (Å²) in [6.45, 7) is 2.25. The quantitative estimate of drug-likeness (QED) is 0.255. The Bertz CT molecular complexity index is 1250. The lowest BCUT2D eigenvalue weighted by molar-refractivity contribution is 0.129. The number of carbonyl (C=O) groups excluding carboxylic acids is 1. The lowest BCUT2D eigenvalue weighted by Crippen LogP contribution is -2.26. The zero-order chi connectivity index (χ0) is 24.0. The van der Waals surface area contributed by atoms with Crippen molar-refractivity contribution in [3.05, 3.63) is 72.4 Å². The molecule has 3 heterocycles. The fraction of sp³-hybridized carbons (Fsp3) is 0.261. The van der Waals surface area contributed by atoms with Crippen molar-refractivity contribution in [2.75, 3.05) is 23.7 Å². The number of thioether (sulfide) groups is 1. The van der Waals surface area contributed by atoms with Crippen LogP contribution < -0.4 is 10.2 Å². The Morgan fingerprint density at radius 2 is 2.11 bits per heavy atom. The fourth-order valence-electron chi connectivity index (χ4n) is 3.80. The Kier molecular flexibility index (Phi) is 7.00. The molecular formula is C23H23FN8O2S. The first-order valence-electron chi connectivity index (χ1n) is 11.1. The number of aromatic amines is 1. The van der Waals surface area contributed by atoms with Crippen molar-refractivity contribution in [2.45, 2.75) is 24.2 Å². The van der Waals surface area contributed by atoms with Crippen molar-refractivity contribution in [1.29, 1.82) is 0 Å². The molecule has 1 amide bonds. The Morgan fingerprint density at radius 1 is 1.23 bits per heavy atom. The van der Waals surface area contributed by atoms with Crippen molar-refractivity contribution in [2.24, 2.45) is 0 Å². The van der Waals surface area contributed by atoms with E-state index in [0.29, 0.717) is 30.9 Å². The first-order valence-corrected chi connectivity index (χ1v) is 12.0. The molecule has 2 N–H and O–H groups in total. The summed E-state index contributed by atoms with van der Waals surface area (Å²) in [6, 6.07) is 12.6. The van der Waals surface area contributed by atoms with Gasteiger partial charge in [-0.1, -0.05) is 29.5 Å². The van der Waals surface area contributed by atoms with E-state index in [1.54, 1.807) is 47.2 Å². The molecule has 2 aromatic heterocycles. The maximum absolute atomic E-state index is 15.0. The molecule has 10 nitrogen and oxygen atoms in total. The van der Waals surface area contributed by atoms with E-state index in [1.165, 1.54) is 11.0 Å². The second-order valence-electron chi connectivity index (χ2n) is 7.94. The van der Waals surface area contributed by atoms with Crippen LogP contribution in [0.5, 0.6) is 0 Å². The molecule has 0 aliphatic carbocycles. The highest BCUT2D eigenvalue weighted by Gasteiger charge is 2.33. The van der Waals surface area contributed by atoms with Gasteiger partial charge in [0, 0.05) is 30.6 Å². The van der Waals surface area contributed by atoms with Crippen LogP contribution in [0.25, 0.3) is 11.1 Å². The van der Waals surface area contributed by atoms with Crippen LogP contribution in [0.1, 0.15) is 5.56 Å². The van der Waals surface area contributed by atoms with Crippen molar-refractivity contribution in [3.8, 4) is 11.1 Å². The number of anilines is 1. The number of carbonyl (C=O) groups is 1. The van der Waals surface area contributed by atoms with Crippen molar-refractivity contribution in [1.82, 2.24) is 35.7 Å². The van der Waals surface area contributed by atoms with Gasteiger partial charge in [0.25, 0.3) is 0 Å². The lowest BCUT2D eigenvalue weighted by Gasteiger charge is -2.14. The number of rotatable bonds is 10. The van der Waals surface area contributed by atoms with Gasteiger partial charge in [-0.05, 0) is 29.3 Å². The van der Waals surface area contributed by atoms with Gasteiger partial charge in [-0.3, -0.25) is 4.90 Å². The van der Waals surface area contributed by atoms with Gasteiger partial charge in [0.2, 0.25) is 0 Å². The molecule has 2 aromatic carbocycles. The summed E-state index contributed by atoms with van der Waals surface area (Å²) in [4.78, 5) is 13.8. The third kappa shape index (κ3) is 5.66. The average Bonchev–Trinajstić information content (AvgIpc) is 3.63. The third-order valence-corrected chi connectivity index (χ3v) is 6.42. The second-order valence-corrected chi connectivity index (χ2v) is 9.05. The van der Waals surface area contributed by atoms with Crippen LogP contribution in [-0.4, -0.2) is 61.4 Å². The first kappa shape index (κ1) is 23.0. The number of cyclic esters (lactones) is 1. The zero-order valence-electron chi connectivity index (χ0n) is 18.7. The molecule has 0 bridgehead atoms. The molecule has 1 saturated heterocycles. The Balaban J connectivity index is 1.16. The van der Waals surface area contributed by atoms with Crippen LogP contribution in [0.2, 0.25) is 0 Å². The highest BCUT2D eigenvalue weighted by Crippen LogP contribution is 2.29. The SMILES string of the molecule is O=C1OC(Cn2ccnn2)CN1c1ccc(-c2ccc(CNCCSc3cn[nH]n3)cc2)c(F)c1. The number of H-pyrrole nitrogens is 1. The summed E-state index contributed by atoms with van der Waals surface area (Å²) in [7, 11) is 0. The second kappa shape index (κ2) is 10.7. The van der Waals surface area contributed by atoms with Gasteiger partial charge >= 0.3 is 6.09 Å².